The molecule has 0 saturated heterocycles. The number of nitrogens with zero attached hydrogens (tertiary/aromatic N) is 3. The average molecular weight is 433 g/mol. The van der Waals surface area contributed by atoms with Crippen molar-refractivity contribution in [1.29, 1.82) is 5.26 Å². The van der Waals surface area contributed by atoms with Gasteiger partial charge in [0.1, 0.15) is 22.3 Å². The minimum Gasteiger partial charge on any atom is -0.387 e. The van der Waals surface area contributed by atoms with Gasteiger partial charge in [-0.1, -0.05) is 32.9 Å². The van der Waals surface area contributed by atoms with Crippen LogP contribution in [-0.2, 0) is 10.3 Å². The van der Waals surface area contributed by atoms with Crippen molar-refractivity contribution in [3.05, 3.63) is 56.8 Å². The van der Waals surface area contributed by atoms with Gasteiger partial charge in [0.15, 0.2) is 5.78 Å². The van der Waals surface area contributed by atoms with Gasteiger partial charge in [-0.3, -0.25) is 14.8 Å². The van der Waals surface area contributed by atoms with Crippen LogP contribution in [0.3, 0.4) is 0 Å². The molecule has 2 aromatic rings. The van der Waals surface area contributed by atoms with E-state index in [1.807, 2.05) is 33.1 Å². The molecule has 0 fully saturated rings. The van der Waals surface area contributed by atoms with Crippen molar-refractivity contribution in [3.8, 4) is 6.07 Å². The molecule has 1 aromatic heterocycles. The lowest BCUT2D eigenvalue weighted by atomic mass is 9.68. The third-order valence-electron chi connectivity index (χ3n) is 6.61. The number of thiophene rings is 1. The molecule has 6 heteroatoms. The molecule has 1 aromatic carbocycles. The number of ketones is 1. The van der Waals surface area contributed by atoms with Gasteiger partial charge < -0.3 is 5.73 Å². The van der Waals surface area contributed by atoms with Crippen LogP contribution >= 0.6 is 11.3 Å². The average Bonchev–Trinajstić information content (AvgIpc) is 3.13. The highest BCUT2D eigenvalue weighted by atomic mass is 32.1. The molecule has 3 heterocycles. The molecule has 0 aliphatic carbocycles. The van der Waals surface area contributed by atoms with Crippen molar-refractivity contribution in [2.24, 2.45) is 27.6 Å². The summed E-state index contributed by atoms with van der Waals surface area (Å²) in [5, 5.41) is 9.34. The highest BCUT2D eigenvalue weighted by Crippen LogP contribution is 2.48. The molecule has 2 aliphatic heterocycles. The first-order valence-corrected chi connectivity index (χ1v) is 11.6. The molecule has 0 saturated carbocycles. The summed E-state index contributed by atoms with van der Waals surface area (Å²) >= 11 is 1.38. The minimum absolute atomic E-state index is 0.0590. The van der Waals surface area contributed by atoms with Gasteiger partial charge in [-0.25, -0.2) is 0 Å². The topological polar surface area (TPSA) is 91.6 Å². The maximum atomic E-state index is 13.9. The lowest BCUT2D eigenvalue weighted by Gasteiger charge is -2.41. The Hall–Kier alpha value is -2.78. The minimum atomic E-state index is -0.853. The maximum Gasteiger partial charge on any atom is 0.153 e. The molecule has 0 bridgehead atoms. The normalized spacial score (nSPS) is 28.1. The van der Waals surface area contributed by atoms with E-state index in [0.29, 0.717) is 16.6 Å². The van der Waals surface area contributed by atoms with E-state index >= 15 is 0 Å². The summed E-state index contributed by atoms with van der Waals surface area (Å²) < 4.78 is 0. The monoisotopic (exact) mass is 432 g/mol. The van der Waals surface area contributed by atoms with Crippen LogP contribution in [0.2, 0.25) is 0 Å². The lowest BCUT2D eigenvalue weighted by molar-refractivity contribution is -0.125. The zero-order valence-corrected chi connectivity index (χ0v) is 19.2. The van der Waals surface area contributed by atoms with E-state index in [1.54, 1.807) is 6.07 Å². The number of nitrogens with two attached hydrogens (primary N) is 1. The molecule has 160 valence electrons. The summed E-state index contributed by atoms with van der Waals surface area (Å²) in [5.74, 6) is 0.0665. The first-order valence-electron chi connectivity index (χ1n) is 10.8. The van der Waals surface area contributed by atoms with Crippen LogP contribution in [0.5, 0.6) is 0 Å². The van der Waals surface area contributed by atoms with E-state index in [0.717, 1.165) is 29.0 Å². The third kappa shape index (κ3) is 3.61. The Morgan fingerprint density at radius 2 is 2.06 bits per heavy atom. The molecule has 2 aliphatic rings. The molecule has 4 rings (SSSR count). The summed E-state index contributed by atoms with van der Waals surface area (Å²) in [6.45, 7) is 9.02. The second kappa shape index (κ2) is 8.05. The highest BCUT2D eigenvalue weighted by molar-refractivity contribution is 7.12. The molecular formula is C25H28N4OS. The first-order chi connectivity index (χ1) is 14.8. The standard InChI is InChI=1S/C25H28N4OS/c1-14(2)21-23(30)22(16-5-7-19-15(3)9-10-28-13-17(19)11-16)25(4,29-24(21)27)20-8-6-18(12-26)31-20/h5-8,11,13-15,21-22H,9-10H2,1-4H3,(H2,27,29)/t15-,21?,22-,25+/m0/s1. The number of hydrogen-bond donors (Lipinski definition) is 1. The highest BCUT2D eigenvalue weighted by Gasteiger charge is 2.50. The number of amidine groups is 1. The second-order valence-corrected chi connectivity index (χ2v) is 10.2. The Morgan fingerprint density at radius 3 is 2.74 bits per heavy atom. The Balaban J connectivity index is 1.91. The smallest absolute Gasteiger partial charge is 0.153 e. The lowest BCUT2D eigenvalue weighted by Crippen LogP contribution is -2.49. The van der Waals surface area contributed by atoms with E-state index in [-0.39, 0.29) is 11.7 Å². The molecule has 5 nitrogen and oxygen atoms in total. The van der Waals surface area contributed by atoms with Crippen LogP contribution in [0.4, 0.5) is 0 Å². The zero-order chi connectivity index (χ0) is 22.3. The molecule has 1 unspecified atom stereocenters. The number of aliphatic imine (C=N–C) groups is 2. The van der Waals surface area contributed by atoms with Gasteiger partial charge in [0, 0.05) is 17.6 Å². The first kappa shape index (κ1) is 21.5. The van der Waals surface area contributed by atoms with Crippen LogP contribution in [0, 0.1) is 23.2 Å². The molecule has 31 heavy (non-hydrogen) atoms. The SMILES string of the molecule is CC(C)C1C(=O)[C@H](c2ccc3c(c2)C=NCC[C@@H]3C)[C@@](C)(c2ccc(C#N)s2)N=C1N. The third-order valence-corrected chi connectivity index (χ3v) is 7.83. The summed E-state index contributed by atoms with van der Waals surface area (Å²) in [6.07, 6.45) is 2.95. The van der Waals surface area contributed by atoms with E-state index in [2.05, 4.69) is 36.2 Å². The molecule has 0 radical (unpaired) electrons. The number of carbonyl (C=O) groups is 1. The van der Waals surface area contributed by atoms with Crippen molar-refractivity contribution < 1.29 is 4.79 Å². The van der Waals surface area contributed by atoms with Crippen molar-refractivity contribution in [1.82, 2.24) is 0 Å². The predicted molar refractivity (Wildman–Crippen MR) is 126 cm³/mol. The number of benzene rings is 1. The Bertz CT molecular complexity index is 1120. The summed E-state index contributed by atoms with van der Waals surface area (Å²) in [7, 11) is 0. The van der Waals surface area contributed by atoms with Crippen LogP contribution in [0.15, 0.2) is 40.3 Å². The van der Waals surface area contributed by atoms with Crippen molar-refractivity contribution in [2.45, 2.75) is 51.5 Å². The van der Waals surface area contributed by atoms with Gasteiger partial charge in [0.2, 0.25) is 0 Å². The van der Waals surface area contributed by atoms with E-state index < -0.39 is 17.4 Å². The maximum absolute atomic E-state index is 13.9. The largest absolute Gasteiger partial charge is 0.387 e. The van der Waals surface area contributed by atoms with Gasteiger partial charge in [0.25, 0.3) is 0 Å². The molecule has 0 amide bonds. The van der Waals surface area contributed by atoms with Crippen molar-refractivity contribution >= 4 is 29.2 Å². The number of carbonyl (C=O) groups excluding carboxylic acids is 1. The van der Waals surface area contributed by atoms with Gasteiger partial charge in [-0.05, 0) is 60.1 Å². The Kier molecular flexibility index (Phi) is 5.57. The molecule has 4 atom stereocenters. The van der Waals surface area contributed by atoms with E-state index in [9.17, 15) is 10.1 Å². The van der Waals surface area contributed by atoms with Gasteiger partial charge in [-0.2, -0.15) is 5.26 Å². The van der Waals surface area contributed by atoms with Gasteiger partial charge in [0.05, 0.1) is 11.8 Å². The van der Waals surface area contributed by atoms with E-state index in [1.165, 1.54) is 16.9 Å². The van der Waals surface area contributed by atoms with Crippen LogP contribution in [0.25, 0.3) is 0 Å². The van der Waals surface area contributed by atoms with Crippen molar-refractivity contribution in [2.75, 3.05) is 6.54 Å². The Morgan fingerprint density at radius 1 is 1.29 bits per heavy atom. The zero-order valence-electron chi connectivity index (χ0n) is 18.4. The number of rotatable bonds is 3. The van der Waals surface area contributed by atoms with Gasteiger partial charge in [-0.15, -0.1) is 11.3 Å². The fraction of sp³-hybridized carbons (Fsp3) is 0.440. The van der Waals surface area contributed by atoms with Crippen LogP contribution in [0.1, 0.15) is 72.4 Å². The predicted octanol–water partition coefficient (Wildman–Crippen LogP) is 4.76. The quantitative estimate of drug-likeness (QED) is 0.758. The van der Waals surface area contributed by atoms with E-state index in [4.69, 9.17) is 10.7 Å². The number of Topliss-reactive ketones (excluding diaryl/α,β-unsaturated/α-hetero) is 1. The number of hydrogen-bond acceptors (Lipinski definition) is 6. The van der Waals surface area contributed by atoms with Gasteiger partial charge >= 0.3 is 0 Å². The fourth-order valence-electron chi connectivity index (χ4n) is 4.95. The molecule has 0 spiro atoms. The Labute approximate surface area is 187 Å². The summed E-state index contributed by atoms with van der Waals surface area (Å²) in [6, 6.07) is 12.2. The number of nitriles is 1. The van der Waals surface area contributed by atoms with Crippen LogP contribution in [-0.4, -0.2) is 24.4 Å². The molecular weight excluding hydrogens is 404 g/mol. The number of fused-ring (bicyclic) bond motifs is 1. The summed E-state index contributed by atoms with van der Waals surface area (Å²) in [4.78, 5) is 24.8. The van der Waals surface area contributed by atoms with Crippen LogP contribution < -0.4 is 5.73 Å². The van der Waals surface area contributed by atoms with Crippen molar-refractivity contribution in [3.63, 3.8) is 0 Å². The molecule has 2 N–H and O–H groups in total. The fourth-order valence-corrected chi connectivity index (χ4v) is 5.88. The second-order valence-electron chi connectivity index (χ2n) is 9.13. The summed E-state index contributed by atoms with van der Waals surface area (Å²) in [5.41, 5.74) is 8.78.